The van der Waals surface area contributed by atoms with Gasteiger partial charge >= 0.3 is 0 Å². The summed E-state index contributed by atoms with van der Waals surface area (Å²) in [5.74, 6) is -4.68. The fraction of sp³-hybridized carbons (Fsp3) is 0.738. The van der Waals surface area contributed by atoms with Crippen molar-refractivity contribution >= 4 is 41.2 Å². The molecule has 5 aliphatic rings. The van der Waals surface area contributed by atoms with Crippen molar-refractivity contribution in [1.29, 1.82) is 0 Å². The normalized spacial score (nSPS) is 25.6. The number of hydrogen-bond donors (Lipinski definition) is 4. The van der Waals surface area contributed by atoms with Gasteiger partial charge in [0, 0.05) is 44.0 Å². The van der Waals surface area contributed by atoms with Crippen LogP contribution in [0, 0.1) is 17.3 Å². The van der Waals surface area contributed by atoms with Gasteiger partial charge in [-0.3, -0.25) is 53.2 Å². The molecule has 1 aromatic heterocycles. The van der Waals surface area contributed by atoms with E-state index in [9.17, 15) is 24.0 Å². The van der Waals surface area contributed by atoms with Gasteiger partial charge in [-0.1, -0.05) is 60.8 Å². The number of carbonyl (C=O) groups excluding carboxylic acids is 7. The molecule has 2 saturated carbocycles. The highest BCUT2D eigenvalue weighted by atomic mass is 16.2. The molecule has 1 aromatic rings. The number of rotatable bonds is 15. The first-order valence-corrected chi connectivity index (χ1v) is 21.5. The smallest absolute Gasteiger partial charge is 0.289 e. The van der Waals surface area contributed by atoms with Gasteiger partial charge in [-0.05, 0) is 75.2 Å². The molecular formula is C42H63N9O7. The molecule has 3 saturated heterocycles. The average Bonchev–Trinajstić information content (AvgIpc) is 3.66. The van der Waals surface area contributed by atoms with Crippen LogP contribution in [0.25, 0.3) is 0 Å². The lowest BCUT2D eigenvalue weighted by molar-refractivity contribution is -0.157. The Bertz CT molecular complexity index is 1720. The number of likely N-dealkylation sites (N-methyl/N-ethyl adjacent to an activating group) is 1. The summed E-state index contributed by atoms with van der Waals surface area (Å²) in [6.45, 7) is 13.0. The number of ketones is 1. The predicted octanol–water partition coefficient (Wildman–Crippen LogP) is 2.08. The molecule has 6 atom stereocenters. The zero-order valence-electron chi connectivity index (χ0n) is 35.1. The minimum atomic E-state index is -1.33. The lowest BCUT2D eigenvalue weighted by Gasteiger charge is -2.39. The van der Waals surface area contributed by atoms with Crippen molar-refractivity contribution < 1.29 is 33.6 Å². The van der Waals surface area contributed by atoms with E-state index >= 15 is 9.59 Å². The van der Waals surface area contributed by atoms with Crippen LogP contribution in [0.15, 0.2) is 18.6 Å². The molecule has 6 rings (SSSR count). The first-order valence-electron chi connectivity index (χ1n) is 21.5. The standard InChI is InChI=1S/C42H63N9O7/c1-7-49-24-28-14-11-21-50(28)42(49)22-31(36(54)46-29(18-15-25(2)3)33(52)38(56)45-27-16-17-27)51(40(42)58)39(57)34(41(4,5)6)48-37(55)32(26-12-9-8-10-13-26)47-35(53)30-23-43-19-20-44-30/h19-20,23,25-29,31-32,34H,7-18,21-22,24H2,1-6H3,(H,45,56)(H,46,54)(H,47,53)(H,48,55)/t28-,29?,31+,32+,34-,42-/m1/s1. The highest BCUT2D eigenvalue weighted by Gasteiger charge is 2.67. The molecule has 0 radical (unpaired) electrons. The van der Waals surface area contributed by atoms with Crippen molar-refractivity contribution in [3.05, 3.63) is 24.3 Å². The Morgan fingerprint density at radius 2 is 1.64 bits per heavy atom. The molecule has 0 bridgehead atoms. The Labute approximate surface area is 341 Å². The maximum atomic E-state index is 15.2. The molecule has 16 nitrogen and oxygen atoms in total. The summed E-state index contributed by atoms with van der Waals surface area (Å²) >= 11 is 0. The number of nitrogens with zero attached hydrogens (tertiary/aromatic N) is 5. The molecule has 1 spiro atoms. The Kier molecular flexibility index (Phi) is 13.4. The van der Waals surface area contributed by atoms with Crippen LogP contribution in [0.3, 0.4) is 0 Å². The molecule has 0 aromatic carbocycles. The van der Waals surface area contributed by atoms with Crippen molar-refractivity contribution in [2.45, 2.75) is 161 Å². The maximum absolute atomic E-state index is 15.2. The summed E-state index contributed by atoms with van der Waals surface area (Å²) in [4.78, 5) is 113. The van der Waals surface area contributed by atoms with Gasteiger partial charge in [0.1, 0.15) is 23.8 Å². The van der Waals surface area contributed by atoms with Gasteiger partial charge in [0.15, 0.2) is 5.66 Å². The number of carbonyl (C=O) groups is 7. The molecule has 4 N–H and O–H groups in total. The Balaban J connectivity index is 1.33. The largest absolute Gasteiger partial charge is 0.347 e. The second kappa shape index (κ2) is 17.9. The summed E-state index contributed by atoms with van der Waals surface area (Å²) in [5, 5.41) is 11.4. The van der Waals surface area contributed by atoms with Gasteiger partial charge in [-0.25, -0.2) is 4.98 Å². The summed E-state index contributed by atoms with van der Waals surface area (Å²) < 4.78 is 0. The van der Waals surface area contributed by atoms with E-state index in [-0.39, 0.29) is 42.5 Å². The van der Waals surface area contributed by atoms with E-state index in [1.54, 1.807) is 20.8 Å². The summed E-state index contributed by atoms with van der Waals surface area (Å²) in [6.07, 6.45) is 12.4. The van der Waals surface area contributed by atoms with Gasteiger partial charge in [0.2, 0.25) is 17.6 Å². The van der Waals surface area contributed by atoms with Gasteiger partial charge in [0.05, 0.1) is 12.2 Å². The van der Waals surface area contributed by atoms with E-state index in [4.69, 9.17) is 0 Å². The van der Waals surface area contributed by atoms with Crippen molar-refractivity contribution in [2.24, 2.45) is 17.3 Å². The Morgan fingerprint density at radius 3 is 2.26 bits per heavy atom. The van der Waals surface area contributed by atoms with Crippen LogP contribution >= 0.6 is 0 Å². The van der Waals surface area contributed by atoms with E-state index in [0.717, 1.165) is 49.8 Å². The minimum absolute atomic E-state index is 0.0310. The molecule has 5 fully saturated rings. The summed E-state index contributed by atoms with van der Waals surface area (Å²) in [5.41, 5.74) is -2.19. The predicted molar refractivity (Wildman–Crippen MR) is 213 cm³/mol. The van der Waals surface area contributed by atoms with E-state index < -0.39 is 76.5 Å². The van der Waals surface area contributed by atoms with Gasteiger partial charge in [0.25, 0.3) is 23.6 Å². The lowest BCUT2D eigenvalue weighted by atomic mass is 9.82. The fourth-order valence-corrected chi connectivity index (χ4v) is 9.44. The van der Waals surface area contributed by atoms with Crippen LogP contribution in [0.1, 0.15) is 129 Å². The second-order valence-electron chi connectivity index (χ2n) is 18.5. The number of Topliss-reactive ketones (excluding diaryl/α,β-unsaturated/α-hetero) is 1. The number of amides is 6. The van der Waals surface area contributed by atoms with Crippen molar-refractivity contribution in [3.63, 3.8) is 0 Å². The van der Waals surface area contributed by atoms with E-state index in [1.807, 2.05) is 25.7 Å². The third-order valence-electron chi connectivity index (χ3n) is 12.8. The van der Waals surface area contributed by atoms with Gasteiger partial charge in [-0.15, -0.1) is 0 Å². The molecule has 1 unspecified atom stereocenters. The van der Waals surface area contributed by atoms with Crippen LogP contribution < -0.4 is 21.3 Å². The first kappa shape index (κ1) is 43.3. The summed E-state index contributed by atoms with van der Waals surface area (Å²) in [6, 6.07) is -4.77. The highest BCUT2D eigenvalue weighted by molar-refractivity contribution is 6.38. The number of hydrogen-bond acceptors (Lipinski definition) is 11. The van der Waals surface area contributed by atoms with Gasteiger partial charge in [-0.2, -0.15) is 0 Å². The second-order valence-corrected chi connectivity index (χ2v) is 18.5. The monoisotopic (exact) mass is 805 g/mol. The zero-order chi connectivity index (χ0) is 41.9. The van der Waals surface area contributed by atoms with Crippen LogP contribution in [-0.4, -0.2) is 127 Å². The molecule has 6 amide bonds. The number of imide groups is 1. The molecule has 3 aliphatic heterocycles. The van der Waals surface area contributed by atoms with Crippen LogP contribution in [0.2, 0.25) is 0 Å². The topological polar surface area (TPSA) is 203 Å². The quantitative estimate of drug-likeness (QED) is 0.189. The fourth-order valence-electron chi connectivity index (χ4n) is 9.44. The Morgan fingerprint density at radius 1 is 0.914 bits per heavy atom. The van der Waals surface area contributed by atoms with Crippen LogP contribution in [0.5, 0.6) is 0 Å². The summed E-state index contributed by atoms with van der Waals surface area (Å²) in [7, 11) is 0. The Hall–Kier alpha value is -4.31. The van der Waals surface area contributed by atoms with Crippen molar-refractivity contribution in [1.82, 2.24) is 45.9 Å². The van der Waals surface area contributed by atoms with E-state index in [1.165, 1.54) is 18.6 Å². The SMILES string of the molecule is CCN1C[C@H]2CCCN2[C@@]12C[C@@H](C(=O)NC(CCC(C)C)C(=O)C(=O)NC1CC1)N(C(=O)[C@@H](NC(=O)[C@@H](NC(=O)c1cnccn1)C1CCCCC1)C(C)(C)C)C2=O. The average molecular weight is 806 g/mol. The third kappa shape index (κ3) is 9.12. The molecule has 318 valence electrons. The highest BCUT2D eigenvalue weighted by Crippen LogP contribution is 2.46. The maximum Gasteiger partial charge on any atom is 0.289 e. The van der Waals surface area contributed by atoms with E-state index in [2.05, 4.69) is 36.1 Å². The van der Waals surface area contributed by atoms with Crippen LogP contribution in [-0.2, 0) is 28.8 Å². The molecule has 58 heavy (non-hydrogen) atoms. The molecule has 2 aliphatic carbocycles. The number of aromatic nitrogens is 2. The van der Waals surface area contributed by atoms with Crippen molar-refractivity contribution in [2.75, 3.05) is 19.6 Å². The minimum Gasteiger partial charge on any atom is -0.347 e. The van der Waals surface area contributed by atoms with Crippen molar-refractivity contribution in [3.8, 4) is 0 Å². The first-order chi connectivity index (χ1) is 27.6. The molecule has 4 heterocycles. The third-order valence-corrected chi connectivity index (χ3v) is 12.8. The van der Waals surface area contributed by atoms with Crippen LogP contribution in [0.4, 0.5) is 0 Å². The number of likely N-dealkylation sites (tertiary alicyclic amines) is 1. The number of fused-ring (bicyclic) bond motifs is 2. The number of nitrogens with one attached hydrogen (secondary N) is 4. The molecule has 16 heteroatoms. The zero-order valence-corrected chi connectivity index (χ0v) is 35.1. The van der Waals surface area contributed by atoms with E-state index in [0.29, 0.717) is 38.9 Å². The van der Waals surface area contributed by atoms with Gasteiger partial charge < -0.3 is 21.3 Å². The lowest BCUT2D eigenvalue weighted by Crippen LogP contribution is -2.64. The molecular weight excluding hydrogens is 743 g/mol.